The lowest BCUT2D eigenvalue weighted by Gasteiger charge is -2.05. The Morgan fingerprint density at radius 3 is 2.76 bits per heavy atom. The number of hydrogen-bond donors (Lipinski definition) is 1. The van der Waals surface area contributed by atoms with E-state index in [9.17, 15) is 0 Å². The fourth-order valence-corrected chi connectivity index (χ4v) is 2.04. The first-order chi connectivity index (χ1) is 8.19. The van der Waals surface area contributed by atoms with Gasteiger partial charge in [-0.2, -0.15) is 0 Å². The third-order valence-corrected chi connectivity index (χ3v) is 2.85. The van der Waals surface area contributed by atoms with Gasteiger partial charge in [0, 0.05) is 22.2 Å². The molecule has 0 spiro atoms. The van der Waals surface area contributed by atoms with Crippen LogP contribution >= 0.6 is 15.9 Å². The molecule has 0 fully saturated rings. The van der Waals surface area contributed by atoms with Gasteiger partial charge in [0.05, 0.1) is 12.3 Å². The highest BCUT2D eigenvalue weighted by Crippen LogP contribution is 2.21. The predicted molar refractivity (Wildman–Crippen MR) is 70.7 cm³/mol. The standard InChI is InChI=1S/C13H13BrN2O/c1-9-7-12(16-13(15-9)5-6-17)10-3-2-4-11(14)8-10/h2-4,7-8,17H,5-6H2,1H3. The monoisotopic (exact) mass is 292 g/mol. The third kappa shape index (κ3) is 3.11. The van der Waals surface area contributed by atoms with Crippen LogP contribution in [0.5, 0.6) is 0 Å². The van der Waals surface area contributed by atoms with Gasteiger partial charge in [0.15, 0.2) is 0 Å². The van der Waals surface area contributed by atoms with Crippen molar-refractivity contribution in [3.05, 3.63) is 46.3 Å². The summed E-state index contributed by atoms with van der Waals surface area (Å²) in [6.45, 7) is 2.01. The first kappa shape index (κ1) is 12.2. The van der Waals surface area contributed by atoms with Crippen LogP contribution in [-0.2, 0) is 6.42 Å². The Labute approximate surface area is 109 Å². The van der Waals surface area contributed by atoms with Crippen LogP contribution in [0, 0.1) is 6.92 Å². The van der Waals surface area contributed by atoms with E-state index in [-0.39, 0.29) is 6.61 Å². The lowest BCUT2D eigenvalue weighted by Crippen LogP contribution is -2.01. The minimum absolute atomic E-state index is 0.0708. The number of hydrogen-bond acceptors (Lipinski definition) is 3. The van der Waals surface area contributed by atoms with E-state index >= 15 is 0 Å². The van der Waals surface area contributed by atoms with Gasteiger partial charge >= 0.3 is 0 Å². The zero-order valence-electron chi connectivity index (χ0n) is 9.52. The van der Waals surface area contributed by atoms with Crippen molar-refractivity contribution in [2.75, 3.05) is 6.61 Å². The Morgan fingerprint density at radius 2 is 2.06 bits per heavy atom. The smallest absolute Gasteiger partial charge is 0.131 e. The maximum absolute atomic E-state index is 8.93. The molecule has 2 aromatic rings. The zero-order chi connectivity index (χ0) is 12.3. The highest BCUT2D eigenvalue weighted by Gasteiger charge is 2.04. The van der Waals surface area contributed by atoms with E-state index in [4.69, 9.17) is 5.11 Å². The summed E-state index contributed by atoms with van der Waals surface area (Å²) in [5, 5.41) is 8.93. The summed E-state index contributed by atoms with van der Waals surface area (Å²) >= 11 is 3.44. The van der Waals surface area contributed by atoms with Gasteiger partial charge in [-0.05, 0) is 25.1 Å². The molecule has 1 heterocycles. The molecule has 0 saturated carbocycles. The molecule has 1 aromatic carbocycles. The summed E-state index contributed by atoms with van der Waals surface area (Å²) in [6, 6.07) is 9.93. The summed E-state index contributed by atoms with van der Waals surface area (Å²) in [5.74, 6) is 0.683. The molecule has 2 rings (SSSR count). The van der Waals surface area contributed by atoms with Crippen LogP contribution in [0.15, 0.2) is 34.8 Å². The molecule has 0 aliphatic carbocycles. The van der Waals surface area contributed by atoms with E-state index in [2.05, 4.69) is 25.9 Å². The van der Waals surface area contributed by atoms with E-state index in [1.165, 1.54) is 0 Å². The van der Waals surface area contributed by atoms with E-state index in [0.717, 1.165) is 21.4 Å². The summed E-state index contributed by atoms with van der Waals surface area (Å²) in [4.78, 5) is 8.73. The Hall–Kier alpha value is -1.26. The van der Waals surface area contributed by atoms with Crippen LogP contribution in [0.1, 0.15) is 11.5 Å². The van der Waals surface area contributed by atoms with Crippen molar-refractivity contribution < 1.29 is 5.11 Å². The molecule has 0 amide bonds. The van der Waals surface area contributed by atoms with Crippen molar-refractivity contribution in [2.45, 2.75) is 13.3 Å². The summed E-state index contributed by atoms with van der Waals surface area (Å²) in [6.07, 6.45) is 0.489. The van der Waals surface area contributed by atoms with Gasteiger partial charge in [-0.25, -0.2) is 9.97 Å². The summed E-state index contributed by atoms with van der Waals surface area (Å²) in [5.41, 5.74) is 2.85. The van der Waals surface area contributed by atoms with Crippen molar-refractivity contribution >= 4 is 15.9 Å². The minimum Gasteiger partial charge on any atom is -0.396 e. The predicted octanol–water partition coefficient (Wildman–Crippen LogP) is 2.75. The highest BCUT2D eigenvalue weighted by atomic mass is 79.9. The van der Waals surface area contributed by atoms with Crippen LogP contribution < -0.4 is 0 Å². The van der Waals surface area contributed by atoms with Crippen molar-refractivity contribution in [3.63, 3.8) is 0 Å². The second kappa shape index (κ2) is 5.38. The second-order valence-corrected chi connectivity index (χ2v) is 4.71. The van der Waals surface area contributed by atoms with Gasteiger partial charge in [0.25, 0.3) is 0 Å². The molecular weight excluding hydrogens is 280 g/mol. The molecule has 0 bridgehead atoms. The Morgan fingerprint density at radius 1 is 1.24 bits per heavy atom. The molecule has 0 saturated heterocycles. The van der Waals surface area contributed by atoms with Gasteiger partial charge in [0.2, 0.25) is 0 Å². The van der Waals surface area contributed by atoms with Crippen molar-refractivity contribution in [1.82, 2.24) is 9.97 Å². The molecule has 88 valence electrons. The van der Waals surface area contributed by atoms with E-state index in [1.807, 2.05) is 37.3 Å². The van der Waals surface area contributed by atoms with Crippen molar-refractivity contribution in [2.24, 2.45) is 0 Å². The Bertz CT molecular complexity index is 529. The van der Waals surface area contributed by atoms with Crippen molar-refractivity contribution in [1.29, 1.82) is 0 Å². The first-order valence-corrected chi connectivity index (χ1v) is 6.19. The Balaban J connectivity index is 2.44. The quantitative estimate of drug-likeness (QED) is 0.946. The molecule has 3 nitrogen and oxygen atoms in total. The minimum atomic E-state index is 0.0708. The molecule has 4 heteroatoms. The molecule has 0 aliphatic rings. The highest BCUT2D eigenvalue weighted by molar-refractivity contribution is 9.10. The number of nitrogens with zero attached hydrogens (tertiary/aromatic N) is 2. The molecule has 1 aromatic heterocycles. The van der Waals surface area contributed by atoms with Gasteiger partial charge in [0.1, 0.15) is 5.82 Å². The molecule has 0 radical (unpaired) electrons. The first-order valence-electron chi connectivity index (χ1n) is 5.40. The van der Waals surface area contributed by atoms with E-state index in [1.54, 1.807) is 0 Å². The van der Waals surface area contributed by atoms with Crippen LogP contribution in [0.2, 0.25) is 0 Å². The van der Waals surface area contributed by atoms with E-state index in [0.29, 0.717) is 12.2 Å². The SMILES string of the molecule is Cc1cc(-c2cccc(Br)c2)nc(CCO)n1. The molecule has 0 unspecified atom stereocenters. The number of rotatable bonds is 3. The van der Waals surface area contributed by atoms with E-state index < -0.39 is 0 Å². The number of aryl methyl sites for hydroxylation is 1. The number of aliphatic hydroxyl groups excluding tert-OH is 1. The normalized spacial score (nSPS) is 10.5. The topological polar surface area (TPSA) is 46.0 Å². The Kier molecular flexibility index (Phi) is 3.86. The zero-order valence-corrected chi connectivity index (χ0v) is 11.1. The largest absolute Gasteiger partial charge is 0.396 e. The maximum Gasteiger partial charge on any atom is 0.131 e. The van der Waals surface area contributed by atoms with Gasteiger partial charge in [-0.15, -0.1) is 0 Å². The van der Waals surface area contributed by atoms with Crippen LogP contribution in [0.3, 0.4) is 0 Å². The number of halogens is 1. The van der Waals surface area contributed by atoms with Gasteiger partial charge in [-0.1, -0.05) is 28.1 Å². The van der Waals surface area contributed by atoms with Crippen molar-refractivity contribution in [3.8, 4) is 11.3 Å². The molecule has 0 atom stereocenters. The number of benzene rings is 1. The van der Waals surface area contributed by atoms with Crippen LogP contribution in [0.4, 0.5) is 0 Å². The van der Waals surface area contributed by atoms with Crippen LogP contribution in [-0.4, -0.2) is 21.7 Å². The lowest BCUT2D eigenvalue weighted by molar-refractivity contribution is 0.296. The van der Waals surface area contributed by atoms with Crippen LogP contribution in [0.25, 0.3) is 11.3 Å². The molecule has 0 aliphatic heterocycles. The second-order valence-electron chi connectivity index (χ2n) is 3.79. The van der Waals surface area contributed by atoms with Gasteiger partial charge < -0.3 is 5.11 Å². The average molecular weight is 293 g/mol. The fraction of sp³-hybridized carbons (Fsp3) is 0.231. The lowest BCUT2D eigenvalue weighted by atomic mass is 10.1. The average Bonchev–Trinajstić information content (AvgIpc) is 2.28. The summed E-state index contributed by atoms with van der Waals surface area (Å²) in [7, 11) is 0. The third-order valence-electron chi connectivity index (χ3n) is 2.36. The molecule has 17 heavy (non-hydrogen) atoms. The maximum atomic E-state index is 8.93. The number of aromatic nitrogens is 2. The number of aliphatic hydroxyl groups is 1. The molecule has 1 N–H and O–H groups in total. The molecular formula is C13H13BrN2O. The summed E-state index contributed by atoms with van der Waals surface area (Å²) < 4.78 is 1.02. The fourth-order valence-electron chi connectivity index (χ4n) is 1.64. The van der Waals surface area contributed by atoms with Gasteiger partial charge in [-0.3, -0.25) is 0 Å².